The fourth-order valence-corrected chi connectivity index (χ4v) is 6.45. The van der Waals surface area contributed by atoms with Crippen LogP contribution < -0.4 is 0 Å². The van der Waals surface area contributed by atoms with E-state index in [1.54, 1.807) is 18.2 Å². The molecule has 7 rings (SSSR count). The number of para-hydroxylation sites is 1. The Labute approximate surface area is 272 Å². The molecule has 2 heterocycles. The molecule has 4 nitrogen and oxygen atoms in total. The van der Waals surface area contributed by atoms with Crippen molar-refractivity contribution in [1.29, 1.82) is 0 Å². The summed E-state index contributed by atoms with van der Waals surface area (Å²) >= 11 is 0. The molecular weight excluding hydrogens is 723 g/mol. The number of aromatic hydroxyl groups is 1. The van der Waals surface area contributed by atoms with Crippen molar-refractivity contribution in [2.24, 2.45) is 0 Å². The number of aryl methyl sites for hydroxylation is 2. The largest absolute Gasteiger partial charge is 0.507 e. The van der Waals surface area contributed by atoms with Crippen LogP contribution >= 0.6 is 0 Å². The predicted molar refractivity (Wildman–Crippen MR) is 176 cm³/mol. The molecule has 1 fully saturated rings. The Hall–Kier alpha value is -3.79. The van der Waals surface area contributed by atoms with Crippen LogP contribution in [0.1, 0.15) is 90.9 Å². The van der Waals surface area contributed by atoms with E-state index in [-0.39, 0.29) is 31.6 Å². The summed E-state index contributed by atoms with van der Waals surface area (Å²) < 4.78 is 6.43. The average Bonchev–Trinajstić information content (AvgIpc) is 3.65. The fourth-order valence-electron chi connectivity index (χ4n) is 6.45. The second kappa shape index (κ2) is 13.1. The molecular formula is C39H38IrNO3-. The Morgan fingerprint density at radius 1 is 0.932 bits per heavy atom. The van der Waals surface area contributed by atoms with Crippen LogP contribution in [0.2, 0.25) is 0 Å². The van der Waals surface area contributed by atoms with Gasteiger partial charge in [-0.1, -0.05) is 87.0 Å². The van der Waals surface area contributed by atoms with Gasteiger partial charge in [0.25, 0.3) is 0 Å². The summed E-state index contributed by atoms with van der Waals surface area (Å²) in [6.07, 6.45) is 7.40. The van der Waals surface area contributed by atoms with Crippen LogP contribution in [0.15, 0.2) is 77.3 Å². The number of rotatable bonds is 4. The van der Waals surface area contributed by atoms with Crippen molar-refractivity contribution in [3.05, 3.63) is 107 Å². The fraction of sp³-hybridized carbons (Fsp3) is 0.282. The van der Waals surface area contributed by atoms with E-state index in [2.05, 4.69) is 82.4 Å². The molecule has 0 spiro atoms. The molecule has 0 atom stereocenters. The van der Waals surface area contributed by atoms with Gasteiger partial charge in [-0.3, -0.25) is 4.79 Å². The molecule has 1 aliphatic carbocycles. The minimum atomic E-state index is -0.113. The number of Topliss-reactive ketones (excluding diaryl/α,β-unsaturated/α-hetero) is 1. The van der Waals surface area contributed by atoms with Crippen LogP contribution in [-0.2, 0) is 20.1 Å². The Morgan fingerprint density at radius 3 is 2.34 bits per heavy atom. The Balaban J connectivity index is 0.000000300. The summed E-state index contributed by atoms with van der Waals surface area (Å²) in [6.45, 7) is 10.2. The number of ketones is 1. The Bertz CT molecular complexity index is 1980. The molecule has 1 aliphatic rings. The molecule has 0 bridgehead atoms. The van der Waals surface area contributed by atoms with Crippen LogP contribution in [0.4, 0.5) is 0 Å². The molecule has 1 radical (unpaired) electrons. The number of fused-ring (bicyclic) bond motifs is 4. The van der Waals surface area contributed by atoms with Gasteiger partial charge in [0.05, 0.1) is 11.1 Å². The minimum absolute atomic E-state index is 0. The predicted octanol–water partition coefficient (Wildman–Crippen LogP) is 10.6. The standard InChI is InChI=1S/C31H30NO.C8H8O2.Ir/c1-18(2)28-17-32-30(24-12-10-22(16-25(24)28)21-7-5-6-8-21)27-14-20(4)13-26-23-11-9-19(3)15-29(23)33-31(26)27;1-6(9)7-4-2-3-5-8(7)10;/h9-13,15-18,21H,5-8H2,1-4H3;2-5,10H,1H3;/q-1;;. The van der Waals surface area contributed by atoms with E-state index in [9.17, 15) is 4.79 Å². The van der Waals surface area contributed by atoms with Gasteiger partial charge in [-0.05, 0) is 89.9 Å². The molecule has 0 amide bonds. The zero-order valence-corrected chi connectivity index (χ0v) is 28.4. The van der Waals surface area contributed by atoms with Gasteiger partial charge in [-0.15, -0.1) is 17.7 Å². The quantitative estimate of drug-likeness (QED) is 0.144. The SMILES string of the molecule is CC(=O)c1ccccc1O.Cc1[c-]c(-c2ncc(C(C)C)c3cc(C4CCCC4)ccc23)c2oc3cc(C)ccc3c2c1.[Ir]. The van der Waals surface area contributed by atoms with Crippen molar-refractivity contribution in [1.82, 2.24) is 4.98 Å². The van der Waals surface area contributed by atoms with Crippen molar-refractivity contribution in [2.45, 2.75) is 72.1 Å². The molecule has 1 N–H and O–H groups in total. The van der Waals surface area contributed by atoms with E-state index in [1.165, 1.54) is 66.1 Å². The van der Waals surface area contributed by atoms with E-state index in [0.29, 0.717) is 17.4 Å². The molecule has 0 unspecified atom stereocenters. The number of carbonyl (C=O) groups excluding carboxylic acids is 1. The zero-order valence-electron chi connectivity index (χ0n) is 26.0. The molecule has 2 aromatic heterocycles. The van der Waals surface area contributed by atoms with Crippen LogP contribution in [0.5, 0.6) is 5.75 Å². The first kappa shape index (κ1) is 31.6. The summed E-state index contributed by atoms with van der Waals surface area (Å²) in [4.78, 5) is 15.7. The maximum absolute atomic E-state index is 10.7. The van der Waals surface area contributed by atoms with Gasteiger partial charge in [-0.25, -0.2) is 0 Å². The van der Waals surface area contributed by atoms with Gasteiger partial charge in [-0.2, -0.15) is 0 Å². The van der Waals surface area contributed by atoms with Crippen molar-refractivity contribution in [3.8, 4) is 17.0 Å². The van der Waals surface area contributed by atoms with E-state index in [4.69, 9.17) is 14.5 Å². The zero-order chi connectivity index (χ0) is 30.2. The first-order valence-corrected chi connectivity index (χ1v) is 15.3. The van der Waals surface area contributed by atoms with Crippen molar-refractivity contribution < 1.29 is 34.4 Å². The van der Waals surface area contributed by atoms with Crippen molar-refractivity contribution >= 4 is 38.5 Å². The van der Waals surface area contributed by atoms with Gasteiger partial charge in [0.15, 0.2) is 5.78 Å². The molecule has 0 aliphatic heterocycles. The van der Waals surface area contributed by atoms with Crippen molar-refractivity contribution in [3.63, 3.8) is 0 Å². The molecule has 4 aromatic carbocycles. The van der Waals surface area contributed by atoms with E-state index in [0.717, 1.165) is 38.8 Å². The normalized spacial score (nSPS) is 13.3. The Kier molecular flexibility index (Phi) is 9.39. The average molecular weight is 761 g/mol. The second-order valence-corrected chi connectivity index (χ2v) is 12.2. The second-order valence-electron chi connectivity index (χ2n) is 12.2. The van der Waals surface area contributed by atoms with E-state index >= 15 is 0 Å². The summed E-state index contributed by atoms with van der Waals surface area (Å²) in [5.74, 6) is 1.05. The number of phenolic OH excluding ortho intramolecular Hbond substituents is 1. The van der Waals surface area contributed by atoms with Crippen LogP contribution in [0, 0.1) is 19.9 Å². The van der Waals surface area contributed by atoms with Gasteiger partial charge in [0, 0.05) is 31.7 Å². The summed E-state index contributed by atoms with van der Waals surface area (Å²) in [5.41, 5.74) is 9.23. The van der Waals surface area contributed by atoms with Crippen LogP contribution in [-0.4, -0.2) is 15.9 Å². The van der Waals surface area contributed by atoms with E-state index in [1.807, 2.05) is 0 Å². The maximum atomic E-state index is 10.7. The van der Waals surface area contributed by atoms with Gasteiger partial charge >= 0.3 is 0 Å². The van der Waals surface area contributed by atoms with Gasteiger partial charge in [0.1, 0.15) is 11.3 Å². The smallest absolute Gasteiger partial charge is 0.163 e. The number of phenols is 1. The summed E-state index contributed by atoms with van der Waals surface area (Å²) in [6, 6.07) is 25.8. The first-order chi connectivity index (χ1) is 20.7. The van der Waals surface area contributed by atoms with Crippen LogP contribution in [0.25, 0.3) is 44.0 Å². The number of hydrogen-bond donors (Lipinski definition) is 1. The monoisotopic (exact) mass is 761 g/mol. The first-order valence-electron chi connectivity index (χ1n) is 15.3. The summed E-state index contributed by atoms with van der Waals surface area (Å²) in [7, 11) is 0. The number of nitrogens with zero attached hydrogens (tertiary/aromatic N) is 1. The number of carbonyl (C=O) groups is 1. The van der Waals surface area contributed by atoms with Crippen molar-refractivity contribution in [2.75, 3.05) is 0 Å². The molecule has 227 valence electrons. The molecule has 5 heteroatoms. The number of benzene rings is 4. The third-order valence-electron chi connectivity index (χ3n) is 8.71. The number of furan rings is 1. The maximum Gasteiger partial charge on any atom is 0.163 e. The topological polar surface area (TPSA) is 63.3 Å². The van der Waals surface area contributed by atoms with Crippen LogP contribution in [0.3, 0.4) is 0 Å². The van der Waals surface area contributed by atoms with Gasteiger partial charge in [0.2, 0.25) is 0 Å². The Morgan fingerprint density at radius 2 is 1.66 bits per heavy atom. The number of hydrogen-bond acceptors (Lipinski definition) is 4. The third kappa shape index (κ3) is 6.09. The number of pyridine rings is 1. The van der Waals surface area contributed by atoms with Gasteiger partial charge < -0.3 is 14.5 Å². The summed E-state index contributed by atoms with van der Waals surface area (Å²) in [5, 5.41) is 13.9. The molecule has 0 saturated heterocycles. The van der Waals surface area contributed by atoms with E-state index < -0.39 is 0 Å². The third-order valence-corrected chi connectivity index (χ3v) is 8.71. The minimum Gasteiger partial charge on any atom is -0.507 e. The number of aromatic nitrogens is 1. The molecule has 1 saturated carbocycles. The molecule has 6 aromatic rings. The molecule has 44 heavy (non-hydrogen) atoms.